The summed E-state index contributed by atoms with van der Waals surface area (Å²) < 4.78 is 5.20. The second kappa shape index (κ2) is 7.87. The lowest BCUT2D eigenvalue weighted by atomic mass is 9.89. The standard InChI is InChI=1S/C23H27N3O3/c1-25(15-17-9-11-18(29-2)12-10-17)16-21(27)26-20-8-4-3-7-19(20)24-22(28)23(26)13-5-6-14-23/h3-4,7-12H,5-6,13-16H2,1-2H3,(H,24,28). The Labute approximate surface area is 171 Å². The van der Waals surface area contributed by atoms with Crippen LogP contribution in [0.25, 0.3) is 0 Å². The minimum absolute atomic E-state index is 0.0368. The van der Waals surface area contributed by atoms with Gasteiger partial charge in [-0.15, -0.1) is 0 Å². The van der Waals surface area contributed by atoms with Crippen molar-refractivity contribution in [2.24, 2.45) is 0 Å². The zero-order valence-electron chi connectivity index (χ0n) is 17.0. The molecule has 1 heterocycles. The predicted octanol–water partition coefficient (Wildman–Crippen LogP) is 3.43. The second-order valence-corrected chi connectivity index (χ2v) is 7.96. The fraction of sp³-hybridized carbons (Fsp3) is 0.391. The van der Waals surface area contributed by atoms with Crippen molar-refractivity contribution in [1.82, 2.24) is 4.90 Å². The minimum Gasteiger partial charge on any atom is -0.497 e. The van der Waals surface area contributed by atoms with Crippen molar-refractivity contribution in [2.75, 3.05) is 30.9 Å². The largest absolute Gasteiger partial charge is 0.497 e. The van der Waals surface area contributed by atoms with E-state index < -0.39 is 5.54 Å². The molecule has 0 aromatic heterocycles. The molecular formula is C23H27N3O3. The van der Waals surface area contributed by atoms with Crippen LogP contribution >= 0.6 is 0 Å². The molecule has 2 aromatic carbocycles. The van der Waals surface area contributed by atoms with Crippen LogP contribution in [-0.2, 0) is 16.1 Å². The fourth-order valence-electron chi connectivity index (χ4n) is 4.53. The number of ether oxygens (including phenoxy) is 1. The van der Waals surface area contributed by atoms with Crippen LogP contribution < -0.4 is 15.0 Å². The van der Waals surface area contributed by atoms with Gasteiger partial charge in [0.15, 0.2) is 0 Å². The number of amides is 2. The number of methoxy groups -OCH3 is 1. The molecule has 0 atom stereocenters. The molecule has 1 N–H and O–H groups in total. The number of nitrogens with one attached hydrogen (secondary N) is 1. The van der Waals surface area contributed by atoms with Crippen molar-refractivity contribution in [3.05, 3.63) is 54.1 Å². The number of nitrogens with zero attached hydrogens (tertiary/aromatic N) is 2. The minimum atomic E-state index is -0.758. The Balaban J connectivity index is 1.55. The van der Waals surface area contributed by atoms with Crippen LogP contribution in [-0.4, -0.2) is 43.0 Å². The Morgan fingerprint density at radius 3 is 2.52 bits per heavy atom. The molecule has 1 spiro atoms. The van der Waals surface area contributed by atoms with E-state index in [1.165, 1.54) is 0 Å². The van der Waals surface area contributed by atoms with E-state index in [-0.39, 0.29) is 18.4 Å². The van der Waals surface area contributed by atoms with Crippen molar-refractivity contribution in [3.8, 4) is 5.75 Å². The average molecular weight is 393 g/mol. The third kappa shape index (κ3) is 3.60. The van der Waals surface area contributed by atoms with Gasteiger partial charge in [-0.2, -0.15) is 0 Å². The summed E-state index contributed by atoms with van der Waals surface area (Å²) in [5.74, 6) is 0.719. The quantitative estimate of drug-likeness (QED) is 0.846. The number of carbonyl (C=O) groups is 2. The lowest BCUT2D eigenvalue weighted by Crippen LogP contribution is -2.62. The molecule has 1 aliphatic carbocycles. The number of likely N-dealkylation sites (N-methyl/N-ethyl adjacent to an activating group) is 1. The van der Waals surface area contributed by atoms with Gasteiger partial charge in [-0.1, -0.05) is 37.1 Å². The lowest BCUT2D eigenvalue weighted by molar-refractivity contribution is -0.127. The van der Waals surface area contributed by atoms with Gasteiger partial charge in [0.2, 0.25) is 5.91 Å². The van der Waals surface area contributed by atoms with Crippen LogP contribution in [0.3, 0.4) is 0 Å². The van der Waals surface area contributed by atoms with Crippen LogP contribution in [0.15, 0.2) is 48.5 Å². The first kappa shape index (κ1) is 19.5. The van der Waals surface area contributed by atoms with Gasteiger partial charge in [-0.05, 0) is 49.7 Å². The molecule has 6 nitrogen and oxygen atoms in total. The smallest absolute Gasteiger partial charge is 0.250 e. The summed E-state index contributed by atoms with van der Waals surface area (Å²) in [6.45, 7) is 0.889. The van der Waals surface area contributed by atoms with Gasteiger partial charge in [-0.3, -0.25) is 19.4 Å². The SMILES string of the molecule is COc1ccc(CN(C)CC(=O)N2c3ccccc3NC(=O)C23CCCC3)cc1. The highest BCUT2D eigenvalue weighted by Crippen LogP contribution is 2.45. The highest BCUT2D eigenvalue weighted by molar-refractivity contribution is 6.15. The fourth-order valence-corrected chi connectivity index (χ4v) is 4.53. The number of hydrogen-bond donors (Lipinski definition) is 1. The second-order valence-electron chi connectivity index (χ2n) is 7.96. The Morgan fingerprint density at radius 2 is 1.83 bits per heavy atom. The van der Waals surface area contributed by atoms with Gasteiger partial charge in [0.25, 0.3) is 5.91 Å². The summed E-state index contributed by atoms with van der Waals surface area (Å²) in [5.41, 5.74) is 1.86. The number of rotatable bonds is 5. The first-order valence-corrected chi connectivity index (χ1v) is 10.1. The van der Waals surface area contributed by atoms with E-state index in [0.29, 0.717) is 25.1 Å². The maximum atomic E-state index is 13.5. The van der Waals surface area contributed by atoms with Gasteiger partial charge in [0.05, 0.1) is 25.0 Å². The number of anilines is 2. The van der Waals surface area contributed by atoms with Crippen LogP contribution in [0.4, 0.5) is 11.4 Å². The lowest BCUT2D eigenvalue weighted by Gasteiger charge is -2.44. The first-order chi connectivity index (χ1) is 14.0. The molecule has 29 heavy (non-hydrogen) atoms. The van der Waals surface area contributed by atoms with Gasteiger partial charge in [0, 0.05) is 6.54 Å². The van der Waals surface area contributed by atoms with Crippen molar-refractivity contribution in [3.63, 3.8) is 0 Å². The van der Waals surface area contributed by atoms with E-state index >= 15 is 0 Å². The van der Waals surface area contributed by atoms with E-state index in [1.807, 2.05) is 60.5 Å². The predicted molar refractivity (Wildman–Crippen MR) is 113 cm³/mol. The number of para-hydroxylation sites is 2. The van der Waals surface area contributed by atoms with Crippen molar-refractivity contribution >= 4 is 23.2 Å². The molecule has 2 amide bonds. The number of fused-ring (bicyclic) bond motifs is 1. The van der Waals surface area contributed by atoms with E-state index in [1.54, 1.807) is 12.0 Å². The third-order valence-electron chi connectivity index (χ3n) is 5.94. The summed E-state index contributed by atoms with van der Waals surface area (Å²) in [6, 6.07) is 15.4. The highest BCUT2D eigenvalue weighted by Gasteiger charge is 2.52. The maximum absolute atomic E-state index is 13.5. The summed E-state index contributed by atoms with van der Waals surface area (Å²) in [5, 5.41) is 3.02. The molecule has 1 fully saturated rings. The topological polar surface area (TPSA) is 61.9 Å². The molecule has 2 aliphatic rings. The van der Waals surface area contributed by atoms with Gasteiger partial charge >= 0.3 is 0 Å². The van der Waals surface area contributed by atoms with Crippen molar-refractivity contribution in [1.29, 1.82) is 0 Å². The Bertz CT molecular complexity index is 904. The van der Waals surface area contributed by atoms with E-state index in [0.717, 1.165) is 29.8 Å². The molecule has 0 bridgehead atoms. The Kier molecular flexibility index (Phi) is 5.28. The molecule has 1 aliphatic heterocycles. The summed E-state index contributed by atoms with van der Waals surface area (Å²) in [4.78, 5) is 30.2. The number of benzene rings is 2. The highest BCUT2D eigenvalue weighted by atomic mass is 16.5. The van der Waals surface area contributed by atoms with Crippen LogP contribution in [0.1, 0.15) is 31.2 Å². The molecule has 0 radical (unpaired) electrons. The van der Waals surface area contributed by atoms with Gasteiger partial charge in [0.1, 0.15) is 11.3 Å². The molecule has 152 valence electrons. The zero-order chi connectivity index (χ0) is 20.4. The normalized spacial score (nSPS) is 17.3. The summed E-state index contributed by atoms with van der Waals surface area (Å²) in [7, 11) is 3.57. The number of carbonyl (C=O) groups excluding carboxylic acids is 2. The van der Waals surface area contributed by atoms with Crippen LogP contribution in [0.5, 0.6) is 5.75 Å². The van der Waals surface area contributed by atoms with Gasteiger partial charge in [-0.25, -0.2) is 0 Å². The van der Waals surface area contributed by atoms with Crippen LogP contribution in [0, 0.1) is 0 Å². The summed E-state index contributed by atoms with van der Waals surface area (Å²) in [6.07, 6.45) is 3.34. The van der Waals surface area contributed by atoms with Crippen molar-refractivity contribution in [2.45, 2.75) is 37.8 Å². The first-order valence-electron chi connectivity index (χ1n) is 10.1. The third-order valence-corrected chi connectivity index (χ3v) is 5.94. The van der Waals surface area contributed by atoms with Crippen molar-refractivity contribution < 1.29 is 14.3 Å². The van der Waals surface area contributed by atoms with Crippen LogP contribution in [0.2, 0.25) is 0 Å². The monoisotopic (exact) mass is 393 g/mol. The molecule has 0 saturated heterocycles. The number of hydrogen-bond acceptors (Lipinski definition) is 4. The molecular weight excluding hydrogens is 366 g/mol. The van der Waals surface area contributed by atoms with E-state index in [4.69, 9.17) is 4.74 Å². The Hall–Kier alpha value is -2.86. The average Bonchev–Trinajstić information content (AvgIpc) is 3.19. The molecule has 6 heteroatoms. The van der Waals surface area contributed by atoms with E-state index in [9.17, 15) is 9.59 Å². The van der Waals surface area contributed by atoms with E-state index in [2.05, 4.69) is 5.32 Å². The Morgan fingerprint density at radius 1 is 1.14 bits per heavy atom. The molecule has 2 aromatic rings. The molecule has 4 rings (SSSR count). The molecule has 1 saturated carbocycles. The zero-order valence-corrected chi connectivity index (χ0v) is 17.0. The van der Waals surface area contributed by atoms with Gasteiger partial charge < -0.3 is 10.1 Å². The molecule has 0 unspecified atom stereocenters. The maximum Gasteiger partial charge on any atom is 0.250 e. The summed E-state index contributed by atoms with van der Waals surface area (Å²) >= 11 is 0.